The van der Waals surface area contributed by atoms with Crippen LogP contribution in [0.2, 0.25) is 0 Å². The van der Waals surface area contributed by atoms with Gasteiger partial charge in [-0.3, -0.25) is 0 Å². The van der Waals surface area contributed by atoms with Crippen LogP contribution >= 0.6 is 0 Å². The minimum absolute atomic E-state index is 0.235. The minimum Gasteiger partial charge on any atom is -0.445 e. The van der Waals surface area contributed by atoms with E-state index in [2.05, 4.69) is 15.8 Å². The van der Waals surface area contributed by atoms with Crippen molar-refractivity contribution in [1.82, 2.24) is 5.32 Å². The zero-order chi connectivity index (χ0) is 9.19. The Balaban J connectivity index is 2.41. The van der Waals surface area contributed by atoms with Crippen molar-refractivity contribution < 1.29 is 18.3 Å². The Kier molecular flexibility index (Phi) is 2.46. The molecule has 1 aliphatic heterocycles. The molecule has 0 aromatic carbocycles. The highest BCUT2D eigenvalue weighted by molar-refractivity contribution is 5.64. The standard InChI is InChI=1S/C6H10F2N2O2/c7-6(8)1-4(2-10-3-6)12-5(9)11/h4,10H,1-3H2,(H2,9,11). The highest BCUT2D eigenvalue weighted by Gasteiger charge is 2.37. The SMILES string of the molecule is NC(=O)OC1CNCC(F)(F)C1. The third kappa shape index (κ3) is 2.61. The Bertz CT molecular complexity index is 186. The summed E-state index contributed by atoms with van der Waals surface area (Å²) in [6.07, 6.45) is -2.28. The highest BCUT2D eigenvalue weighted by atomic mass is 19.3. The predicted molar refractivity (Wildman–Crippen MR) is 36.9 cm³/mol. The van der Waals surface area contributed by atoms with Crippen molar-refractivity contribution in [2.75, 3.05) is 13.1 Å². The van der Waals surface area contributed by atoms with Gasteiger partial charge < -0.3 is 15.8 Å². The number of nitrogens with one attached hydrogen (secondary N) is 1. The van der Waals surface area contributed by atoms with Gasteiger partial charge in [0.15, 0.2) is 0 Å². The van der Waals surface area contributed by atoms with Gasteiger partial charge >= 0.3 is 6.09 Å². The lowest BCUT2D eigenvalue weighted by molar-refractivity contribution is -0.0650. The number of carbonyl (C=O) groups is 1. The van der Waals surface area contributed by atoms with E-state index in [1.54, 1.807) is 0 Å². The normalized spacial score (nSPS) is 28.0. The maximum atomic E-state index is 12.6. The molecule has 0 aromatic rings. The molecule has 1 heterocycles. The molecule has 0 spiro atoms. The van der Waals surface area contributed by atoms with E-state index in [0.29, 0.717) is 0 Å². The van der Waals surface area contributed by atoms with Crippen molar-refractivity contribution in [2.45, 2.75) is 18.4 Å². The molecule has 1 aliphatic rings. The molecule has 1 atom stereocenters. The Hall–Kier alpha value is -0.910. The van der Waals surface area contributed by atoms with Crippen molar-refractivity contribution in [3.05, 3.63) is 0 Å². The molecule has 0 saturated carbocycles. The van der Waals surface area contributed by atoms with Gasteiger partial charge in [0.2, 0.25) is 0 Å². The Morgan fingerprint density at radius 3 is 2.83 bits per heavy atom. The first-order valence-corrected chi connectivity index (χ1v) is 3.54. The Morgan fingerprint density at radius 1 is 1.67 bits per heavy atom. The van der Waals surface area contributed by atoms with Crippen LogP contribution in [0.1, 0.15) is 6.42 Å². The molecule has 3 N–H and O–H groups in total. The number of primary amides is 1. The second kappa shape index (κ2) is 3.22. The number of nitrogens with two attached hydrogens (primary N) is 1. The number of carbonyl (C=O) groups excluding carboxylic acids is 1. The summed E-state index contributed by atoms with van der Waals surface area (Å²) in [4.78, 5) is 10.2. The van der Waals surface area contributed by atoms with Crippen molar-refractivity contribution in [2.24, 2.45) is 5.73 Å². The fourth-order valence-corrected chi connectivity index (χ4v) is 1.14. The molecule has 0 bridgehead atoms. The zero-order valence-electron chi connectivity index (χ0n) is 6.35. The van der Waals surface area contributed by atoms with Gasteiger partial charge in [-0.05, 0) is 0 Å². The molecule has 1 saturated heterocycles. The molecular formula is C6H10F2N2O2. The van der Waals surface area contributed by atoms with Crippen molar-refractivity contribution in [3.8, 4) is 0 Å². The summed E-state index contributed by atoms with van der Waals surface area (Å²) in [6.45, 7) is -0.135. The van der Waals surface area contributed by atoms with Crippen molar-refractivity contribution in [3.63, 3.8) is 0 Å². The van der Waals surface area contributed by atoms with E-state index >= 15 is 0 Å². The lowest BCUT2D eigenvalue weighted by Gasteiger charge is -2.28. The topological polar surface area (TPSA) is 64.4 Å². The second-order valence-electron chi connectivity index (χ2n) is 2.75. The van der Waals surface area contributed by atoms with E-state index in [1.807, 2.05) is 0 Å². The molecule has 1 unspecified atom stereocenters. The summed E-state index contributed by atoms with van der Waals surface area (Å²) in [5, 5.41) is 2.45. The van der Waals surface area contributed by atoms with Gasteiger partial charge in [0.1, 0.15) is 6.10 Å². The summed E-state index contributed by atoms with van der Waals surface area (Å²) in [6, 6.07) is 0. The predicted octanol–water partition coefficient (Wildman–Crippen LogP) is 0.0789. The summed E-state index contributed by atoms with van der Waals surface area (Å²) in [5.41, 5.74) is 4.68. The van der Waals surface area contributed by atoms with E-state index in [0.717, 1.165) is 0 Å². The average molecular weight is 180 g/mol. The van der Waals surface area contributed by atoms with Crippen molar-refractivity contribution in [1.29, 1.82) is 0 Å². The molecule has 4 nitrogen and oxygen atoms in total. The summed E-state index contributed by atoms with van der Waals surface area (Å²) >= 11 is 0. The smallest absolute Gasteiger partial charge is 0.404 e. The fourth-order valence-electron chi connectivity index (χ4n) is 1.14. The molecular weight excluding hydrogens is 170 g/mol. The van der Waals surface area contributed by atoms with Crippen LogP contribution in [0.4, 0.5) is 13.6 Å². The number of halogens is 2. The van der Waals surface area contributed by atoms with Crippen LogP contribution in [-0.4, -0.2) is 31.2 Å². The first kappa shape index (κ1) is 9.18. The molecule has 70 valence electrons. The molecule has 0 aromatic heterocycles. The van der Waals surface area contributed by atoms with E-state index < -0.39 is 24.5 Å². The van der Waals surface area contributed by atoms with Crippen LogP contribution in [0.3, 0.4) is 0 Å². The molecule has 6 heteroatoms. The van der Waals surface area contributed by atoms with Gasteiger partial charge in [0.05, 0.1) is 13.0 Å². The second-order valence-corrected chi connectivity index (χ2v) is 2.75. The molecule has 0 aliphatic carbocycles. The first-order valence-electron chi connectivity index (χ1n) is 3.54. The van der Waals surface area contributed by atoms with Crippen molar-refractivity contribution >= 4 is 6.09 Å². The monoisotopic (exact) mass is 180 g/mol. The lowest BCUT2D eigenvalue weighted by atomic mass is 10.1. The van der Waals surface area contributed by atoms with Crippen LogP contribution < -0.4 is 11.1 Å². The molecule has 1 amide bonds. The molecule has 12 heavy (non-hydrogen) atoms. The highest BCUT2D eigenvalue weighted by Crippen LogP contribution is 2.23. The largest absolute Gasteiger partial charge is 0.445 e. The summed E-state index contributed by atoms with van der Waals surface area (Å²) in [5.74, 6) is -2.81. The van der Waals surface area contributed by atoms with Crippen LogP contribution in [0.5, 0.6) is 0 Å². The van der Waals surface area contributed by atoms with E-state index in [4.69, 9.17) is 0 Å². The van der Waals surface area contributed by atoms with Gasteiger partial charge in [0.25, 0.3) is 5.92 Å². The maximum absolute atomic E-state index is 12.6. The number of alkyl halides is 2. The van der Waals surface area contributed by atoms with Gasteiger partial charge in [0, 0.05) is 6.54 Å². The van der Waals surface area contributed by atoms with E-state index in [9.17, 15) is 13.6 Å². The van der Waals surface area contributed by atoms with Crippen LogP contribution in [0.25, 0.3) is 0 Å². The maximum Gasteiger partial charge on any atom is 0.404 e. The average Bonchev–Trinajstić information content (AvgIpc) is 1.82. The lowest BCUT2D eigenvalue weighted by Crippen LogP contribution is -2.48. The van der Waals surface area contributed by atoms with Gasteiger partial charge in [-0.1, -0.05) is 0 Å². The fraction of sp³-hybridized carbons (Fsp3) is 0.833. The van der Waals surface area contributed by atoms with E-state index in [-0.39, 0.29) is 13.1 Å². The third-order valence-corrected chi connectivity index (χ3v) is 1.56. The number of ether oxygens (including phenoxy) is 1. The number of hydrogen-bond acceptors (Lipinski definition) is 3. The zero-order valence-corrected chi connectivity index (χ0v) is 6.35. The summed E-state index contributed by atoms with van der Waals surface area (Å²) < 4.78 is 29.6. The quantitative estimate of drug-likeness (QED) is 0.600. The molecule has 1 fully saturated rings. The number of hydrogen-bond donors (Lipinski definition) is 2. The van der Waals surface area contributed by atoms with E-state index in [1.165, 1.54) is 0 Å². The number of piperidine rings is 1. The molecule has 0 radical (unpaired) electrons. The Labute approximate surface area is 68.1 Å². The summed E-state index contributed by atoms with van der Waals surface area (Å²) in [7, 11) is 0. The number of rotatable bonds is 1. The first-order chi connectivity index (χ1) is 5.49. The van der Waals surface area contributed by atoms with Gasteiger partial charge in [-0.2, -0.15) is 0 Å². The molecule has 1 rings (SSSR count). The number of amides is 1. The third-order valence-electron chi connectivity index (χ3n) is 1.56. The van der Waals surface area contributed by atoms with Crippen LogP contribution in [0, 0.1) is 0 Å². The van der Waals surface area contributed by atoms with Gasteiger partial charge in [-0.15, -0.1) is 0 Å². The van der Waals surface area contributed by atoms with Crippen LogP contribution in [-0.2, 0) is 4.74 Å². The Morgan fingerprint density at radius 2 is 2.33 bits per heavy atom. The van der Waals surface area contributed by atoms with Gasteiger partial charge in [-0.25, -0.2) is 13.6 Å². The van der Waals surface area contributed by atoms with Crippen LogP contribution in [0.15, 0.2) is 0 Å². The minimum atomic E-state index is -2.81.